The Morgan fingerprint density at radius 2 is 1.68 bits per heavy atom. The van der Waals surface area contributed by atoms with Gasteiger partial charge in [-0.3, -0.25) is 4.57 Å². The molecule has 0 aliphatic heterocycles. The molecule has 0 saturated carbocycles. The first-order valence-electron chi connectivity index (χ1n) is 8.02. The average molecular weight is 349 g/mol. The van der Waals surface area contributed by atoms with Crippen molar-refractivity contribution in [3.63, 3.8) is 0 Å². The standard InChI is InChI=1S/C20H16FN3S/c21-17-10-8-16(9-11-17)14-25-20-23-18-7-4-12-22-19(18)24(20)13-15-5-2-1-3-6-15/h1-12H,13-14H2. The molecule has 124 valence electrons. The second-order valence-electron chi connectivity index (χ2n) is 5.73. The minimum atomic E-state index is -0.214. The molecule has 2 heterocycles. The van der Waals surface area contributed by atoms with Crippen LogP contribution in [0.15, 0.2) is 78.1 Å². The van der Waals surface area contributed by atoms with Gasteiger partial charge in [0, 0.05) is 11.9 Å². The topological polar surface area (TPSA) is 30.7 Å². The summed E-state index contributed by atoms with van der Waals surface area (Å²) in [5.74, 6) is 0.521. The number of pyridine rings is 1. The molecule has 0 atom stereocenters. The van der Waals surface area contributed by atoms with Gasteiger partial charge in [0.25, 0.3) is 0 Å². The zero-order valence-electron chi connectivity index (χ0n) is 13.5. The lowest BCUT2D eigenvalue weighted by Crippen LogP contribution is -2.02. The Morgan fingerprint density at radius 1 is 0.880 bits per heavy atom. The van der Waals surface area contributed by atoms with Crippen molar-refractivity contribution in [1.29, 1.82) is 0 Å². The van der Waals surface area contributed by atoms with E-state index >= 15 is 0 Å². The number of nitrogens with zero attached hydrogens (tertiary/aromatic N) is 3. The molecule has 0 amide bonds. The molecule has 2 aromatic carbocycles. The number of fused-ring (bicyclic) bond motifs is 1. The van der Waals surface area contributed by atoms with Crippen molar-refractivity contribution in [2.45, 2.75) is 17.5 Å². The third kappa shape index (κ3) is 3.56. The maximum absolute atomic E-state index is 13.1. The highest BCUT2D eigenvalue weighted by molar-refractivity contribution is 7.98. The van der Waals surface area contributed by atoms with E-state index in [0.29, 0.717) is 0 Å². The summed E-state index contributed by atoms with van der Waals surface area (Å²) in [6, 6.07) is 20.8. The van der Waals surface area contributed by atoms with E-state index in [0.717, 1.165) is 34.2 Å². The van der Waals surface area contributed by atoms with E-state index in [-0.39, 0.29) is 5.82 Å². The van der Waals surface area contributed by atoms with Crippen molar-refractivity contribution >= 4 is 22.9 Å². The van der Waals surface area contributed by atoms with E-state index in [2.05, 4.69) is 21.7 Å². The Bertz CT molecular complexity index is 981. The smallest absolute Gasteiger partial charge is 0.170 e. The summed E-state index contributed by atoms with van der Waals surface area (Å²) in [7, 11) is 0. The first kappa shape index (κ1) is 15.8. The number of hydrogen-bond acceptors (Lipinski definition) is 3. The van der Waals surface area contributed by atoms with Crippen molar-refractivity contribution in [1.82, 2.24) is 14.5 Å². The van der Waals surface area contributed by atoms with Crippen LogP contribution in [-0.2, 0) is 12.3 Å². The van der Waals surface area contributed by atoms with Gasteiger partial charge in [0.2, 0.25) is 0 Å². The Labute approximate surface area is 149 Å². The highest BCUT2D eigenvalue weighted by Crippen LogP contribution is 2.26. The molecule has 5 heteroatoms. The predicted molar refractivity (Wildman–Crippen MR) is 99.0 cm³/mol. The molecule has 0 radical (unpaired) electrons. The summed E-state index contributed by atoms with van der Waals surface area (Å²) >= 11 is 1.64. The molecule has 0 unspecified atom stereocenters. The van der Waals surface area contributed by atoms with Crippen LogP contribution in [0.4, 0.5) is 4.39 Å². The van der Waals surface area contributed by atoms with Crippen LogP contribution in [0.25, 0.3) is 11.2 Å². The summed E-state index contributed by atoms with van der Waals surface area (Å²) in [5, 5.41) is 0.918. The van der Waals surface area contributed by atoms with Crippen LogP contribution in [0.1, 0.15) is 11.1 Å². The minimum absolute atomic E-state index is 0.214. The Kier molecular flexibility index (Phi) is 4.48. The summed E-state index contributed by atoms with van der Waals surface area (Å²) in [6.45, 7) is 0.722. The lowest BCUT2D eigenvalue weighted by atomic mass is 10.2. The van der Waals surface area contributed by atoms with Crippen LogP contribution < -0.4 is 0 Å². The molecule has 0 spiro atoms. The van der Waals surface area contributed by atoms with E-state index in [4.69, 9.17) is 4.98 Å². The number of thioether (sulfide) groups is 1. The highest BCUT2D eigenvalue weighted by Gasteiger charge is 2.12. The van der Waals surface area contributed by atoms with Crippen molar-refractivity contribution in [2.24, 2.45) is 0 Å². The van der Waals surface area contributed by atoms with Gasteiger partial charge in [-0.05, 0) is 35.4 Å². The number of rotatable bonds is 5. The lowest BCUT2D eigenvalue weighted by Gasteiger charge is -2.08. The fraction of sp³-hybridized carbons (Fsp3) is 0.100. The van der Waals surface area contributed by atoms with Gasteiger partial charge in [-0.1, -0.05) is 54.2 Å². The molecule has 2 aromatic heterocycles. The van der Waals surface area contributed by atoms with E-state index in [1.165, 1.54) is 17.7 Å². The summed E-state index contributed by atoms with van der Waals surface area (Å²) in [5.41, 5.74) is 4.04. The molecule has 4 aromatic rings. The average Bonchev–Trinajstić information content (AvgIpc) is 3.00. The van der Waals surface area contributed by atoms with E-state index < -0.39 is 0 Å². The Hall–Kier alpha value is -2.66. The third-order valence-corrected chi connectivity index (χ3v) is 4.98. The van der Waals surface area contributed by atoms with Gasteiger partial charge in [-0.15, -0.1) is 0 Å². The first-order valence-corrected chi connectivity index (χ1v) is 9.00. The van der Waals surface area contributed by atoms with Crippen molar-refractivity contribution < 1.29 is 4.39 Å². The molecule has 0 N–H and O–H groups in total. The predicted octanol–water partition coefficient (Wildman–Crippen LogP) is 4.91. The van der Waals surface area contributed by atoms with Gasteiger partial charge in [-0.25, -0.2) is 14.4 Å². The Morgan fingerprint density at radius 3 is 2.48 bits per heavy atom. The van der Waals surface area contributed by atoms with Crippen LogP contribution >= 0.6 is 11.8 Å². The molecule has 0 fully saturated rings. The normalized spacial score (nSPS) is 11.1. The van der Waals surface area contributed by atoms with Crippen LogP contribution in [0.2, 0.25) is 0 Å². The van der Waals surface area contributed by atoms with E-state index in [9.17, 15) is 4.39 Å². The summed E-state index contributed by atoms with van der Waals surface area (Å²) in [4.78, 5) is 9.23. The fourth-order valence-corrected chi connectivity index (χ4v) is 3.64. The first-order chi connectivity index (χ1) is 12.3. The highest BCUT2D eigenvalue weighted by atomic mass is 32.2. The van der Waals surface area contributed by atoms with Crippen molar-refractivity contribution in [2.75, 3.05) is 0 Å². The second-order valence-corrected chi connectivity index (χ2v) is 6.67. The largest absolute Gasteiger partial charge is 0.299 e. The molecule has 25 heavy (non-hydrogen) atoms. The summed E-state index contributed by atoms with van der Waals surface area (Å²) in [6.07, 6.45) is 1.79. The van der Waals surface area contributed by atoms with Crippen LogP contribution in [0.5, 0.6) is 0 Å². The monoisotopic (exact) mass is 349 g/mol. The molecule has 3 nitrogen and oxygen atoms in total. The number of halogens is 1. The maximum Gasteiger partial charge on any atom is 0.170 e. The van der Waals surface area contributed by atoms with E-state index in [1.54, 1.807) is 18.0 Å². The van der Waals surface area contributed by atoms with Gasteiger partial charge in [0.1, 0.15) is 11.3 Å². The van der Waals surface area contributed by atoms with Crippen LogP contribution in [0.3, 0.4) is 0 Å². The number of benzene rings is 2. The molecular formula is C20H16FN3S. The quantitative estimate of drug-likeness (QED) is 0.480. The van der Waals surface area contributed by atoms with Gasteiger partial charge < -0.3 is 0 Å². The second kappa shape index (κ2) is 7.07. The molecule has 0 saturated heterocycles. The van der Waals surface area contributed by atoms with Gasteiger partial charge in [0.15, 0.2) is 10.8 Å². The number of hydrogen-bond donors (Lipinski definition) is 0. The van der Waals surface area contributed by atoms with Crippen molar-refractivity contribution in [3.05, 3.63) is 89.9 Å². The van der Waals surface area contributed by atoms with Crippen LogP contribution in [-0.4, -0.2) is 14.5 Å². The zero-order chi connectivity index (χ0) is 17.1. The SMILES string of the molecule is Fc1ccc(CSc2nc3cccnc3n2Cc2ccccc2)cc1. The summed E-state index contributed by atoms with van der Waals surface area (Å²) < 4.78 is 15.2. The van der Waals surface area contributed by atoms with Gasteiger partial charge in [0.05, 0.1) is 6.54 Å². The molecule has 0 aliphatic carbocycles. The number of imidazole rings is 1. The fourth-order valence-electron chi connectivity index (χ4n) is 2.68. The minimum Gasteiger partial charge on any atom is -0.299 e. The third-order valence-electron chi connectivity index (χ3n) is 3.93. The van der Waals surface area contributed by atoms with Crippen LogP contribution in [0, 0.1) is 5.82 Å². The maximum atomic E-state index is 13.1. The van der Waals surface area contributed by atoms with Gasteiger partial charge in [-0.2, -0.15) is 0 Å². The Balaban J connectivity index is 1.65. The molecule has 4 rings (SSSR count). The molecular weight excluding hydrogens is 333 g/mol. The zero-order valence-corrected chi connectivity index (χ0v) is 14.3. The van der Waals surface area contributed by atoms with Crippen molar-refractivity contribution in [3.8, 4) is 0 Å². The molecule has 0 bridgehead atoms. The number of aromatic nitrogens is 3. The van der Waals surface area contributed by atoms with E-state index in [1.807, 2.05) is 42.5 Å². The van der Waals surface area contributed by atoms with Gasteiger partial charge >= 0.3 is 0 Å². The molecule has 0 aliphatic rings. The lowest BCUT2D eigenvalue weighted by molar-refractivity contribution is 0.627.